The number of carbonyl (C=O) groups is 2. The Labute approximate surface area is 162 Å². The lowest BCUT2D eigenvalue weighted by atomic mass is 9.73. The Balaban J connectivity index is 1.73. The van der Waals surface area contributed by atoms with Gasteiger partial charge in [0.2, 0.25) is 5.91 Å². The van der Waals surface area contributed by atoms with Gasteiger partial charge in [0.1, 0.15) is 11.8 Å². The first-order valence-corrected chi connectivity index (χ1v) is 9.46. The quantitative estimate of drug-likeness (QED) is 0.813. The van der Waals surface area contributed by atoms with Gasteiger partial charge >= 0.3 is 6.55 Å². The Morgan fingerprint density at radius 1 is 1.29 bits per heavy atom. The number of aryl methyl sites for hydroxylation is 1. The molecule has 0 aromatic carbocycles. The summed E-state index contributed by atoms with van der Waals surface area (Å²) in [5, 5.41) is 13.8. The van der Waals surface area contributed by atoms with Gasteiger partial charge in [0.15, 0.2) is 0 Å². The Morgan fingerprint density at radius 2 is 1.93 bits per heavy atom. The van der Waals surface area contributed by atoms with Crippen LogP contribution in [-0.4, -0.2) is 63.3 Å². The molecule has 1 spiro atoms. The molecule has 1 aromatic rings. The normalized spacial score (nSPS) is 27.2. The minimum absolute atomic E-state index is 0.0448. The zero-order chi connectivity index (χ0) is 20.7. The minimum Gasteiger partial charge on any atom is -0.388 e. The van der Waals surface area contributed by atoms with Gasteiger partial charge in [-0.2, -0.15) is 8.78 Å². The first kappa shape index (κ1) is 20.7. The molecule has 3 heterocycles. The number of halogens is 2. The lowest BCUT2D eigenvalue weighted by Gasteiger charge is -2.53. The van der Waals surface area contributed by atoms with Crippen molar-refractivity contribution in [1.29, 1.82) is 0 Å². The largest absolute Gasteiger partial charge is 0.388 e. The Morgan fingerprint density at radius 3 is 2.50 bits per heavy atom. The van der Waals surface area contributed by atoms with Crippen molar-refractivity contribution < 1.29 is 28.2 Å². The van der Waals surface area contributed by atoms with Gasteiger partial charge in [0, 0.05) is 32.3 Å². The van der Waals surface area contributed by atoms with E-state index in [2.05, 4.69) is 5.32 Å². The van der Waals surface area contributed by atoms with E-state index in [0.717, 1.165) is 4.57 Å². The Kier molecular flexibility index (Phi) is 5.51. The molecular weight excluding hydrogens is 372 g/mol. The first-order valence-electron chi connectivity index (χ1n) is 9.46. The third-order valence-corrected chi connectivity index (χ3v) is 6.01. The van der Waals surface area contributed by atoms with Crippen LogP contribution in [0, 0.1) is 6.92 Å². The second kappa shape index (κ2) is 7.44. The molecule has 2 aliphatic rings. The van der Waals surface area contributed by atoms with Crippen LogP contribution < -0.4 is 5.32 Å². The van der Waals surface area contributed by atoms with Crippen LogP contribution in [0.3, 0.4) is 0 Å². The van der Waals surface area contributed by atoms with Crippen molar-refractivity contribution in [3.63, 3.8) is 0 Å². The molecule has 0 aliphatic carbocycles. The number of aromatic nitrogens is 1. The molecule has 0 saturated carbocycles. The molecular formula is C19H27F2N3O4. The third-order valence-electron chi connectivity index (χ3n) is 6.01. The summed E-state index contributed by atoms with van der Waals surface area (Å²) in [6, 6.07) is 2.91. The minimum atomic E-state index is -2.79. The average Bonchev–Trinajstić information content (AvgIpc) is 3.01. The molecule has 0 radical (unpaired) electrons. The summed E-state index contributed by atoms with van der Waals surface area (Å²) >= 11 is 0. The van der Waals surface area contributed by atoms with Gasteiger partial charge in [0.05, 0.1) is 11.1 Å². The molecule has 3 rings (SSSR count). The lowest BCUT2D eigenvalue weighted by Crippen LogP contribution is -2.69. The van der Waals surface area contributed by atoms with E-state index in [-0.39, 0.29) is 24.7 Å². The van der Waals surface area contributed by atoms with Gasteiger partial charge in [-0.3, -0.25) is 14.2 Å². The number of ether oxygens (including phenoxy) is 1. The number of hydrogen-bond donors (Lipinski definition) is 2. The fourth-order valence-electron chi connectivity index (χ4n) is 4.45. The maximum atomic E-state index is 13.3. The zero-order valence-corrected chi connectivity index (χ0v) is 16.4. The molecule has 2 saturated heterocycles. The molecule has 156 valence electrons. The molecule has 7 nitrogen and oxygen atoms in total. The first-order chi connectivity index (χ1) is 13.1. The molecule has 2 atom stereocenters. The SMILES string of the molecule is CC(=O)N[C@@]1(C)CCOC2(CCN(C(=O)c3ccc(C)n3C(F)F)CC2)[C@@H]1O. The van der Waals surface area contributed by atoms with E-state index in [9.17, 15) is 23.5 Å². The molecule has 0 unspecified atom stereocenters. The zero-order valence-electron chi connectivity index (χ0n) is 16.4. The van der Waals surface area contributed by atoms with Crippen LogP contribution in [0.5, 0.6) is 0 Å². The standard InChI is InChI=1S/C19H27F2N3O4/c1-12-4-5-14(24(12)17(20)21)15(26)23-9-6-19(7-10-23)16(27)18(3,8-11-28-19)22-13(2)25/h4-5,16-17,27H,6-11H2,1-3H3,(H,22,25)/t16-,18+/m1/s1. The van der Waals surface area contributed by atoms with Crippen LogP contribution in [0.25, 0.3) is 0 Å². The molecule has 9 heteroatoms. The van der Waals surface area contributed by atoms with Crippen LogP contribution in [0.1, 0.15) is 55.8 Å². The highest BCUT2D eigenvalue weighted by Crippen LogP contribution is 2.40. The summed E-state index contributed by atoms with van der Waals surface area (Å²) in [5.74, 6) is -0.687. The van der Waals surface area contributed by atoms with Gasteiger partial charge in [0.25, 0.3) is 5.91 Å². The van der Waals surface area contributed by atoms with E-state index in [0.29, 0.717) is 31.6 Å². The van der Waals surface area contributed by atoms with Crippen LogP contribution in [0.2, 0.25) is 0 Å². The van der Waals surface area contributed by atoms with Gasteiger partial charge in [-0.1, -0.05) is 0 Å². The van der Waals surface area contributed by atoms with E-state index in [1.807, 2.05) is 0 Å². The number of aliphatic hydroxyl groups excluding tert-OH is 1. The molecule has 2 N–H and O–H groups in total. The fraction of sp³-hybridized carbons (Fsp3) is 0.684. The van der Waals surface area contributed by atoms with Crippen molar-refractivity contribution >= 4 is 11.8 Å². The number of hydrogen-bond acceptors (Lipinski definition) is 4. The number of amides is 2. The van der Waals surface area contributed by atoms with E-state index >= 15 is 0 Å². The third kappa shape index (κ3) is 3.53. The van der Waals surface area contributed by atoms with Crippen molar-refractivity contribution in [1.82, 2.24) is 14.8 Å². The van der Waals surface area contributed by atoms with Gasteiger partial charge in [-0.25, -0.2) is 0 Å². The number of nitrogens with zero attached hydrogens (tertiary/aromatic N) is 2. The van der Waals surface area contributed by atoms with Crippen molar-refractivity contribution in [2.75, 3.05) is 19.7 Å². The fourth-order valence-corrected chi connectivity index (χ4v) is 4.45. The van der Waals surface area contributed by atoms with Crippen LogP contribution in [0.4, 0.5) is 8.78 Å². The average molecular weight is 399 g/mol. The summed E-state index contributed by atoms with van der Waals surface area (Å²) in [6.07, 6.45) is 0.286. The molecule has 0 bridgehead atoms. The number of likely N-dealkylation sites (tertiary alicyclic amines) is 1. The molecule has 2 fully saturated rings. The molecule has 1 aromatic heterocycles. The number of rotatable bonds is 3. The van der Waals surface area contributed by atoms with Crippen LogP contribution >= 0.6 is 0 Å². The summed E-state index contributed by atoms with van der Waals surface area (Å²) in [6.45, 7) is 2.88. The van der Waals surface area contributed by atoms with E-state index in [1.165, 1.54) is 30.9 Å². The summed E-state index contributed by atoms with van der Waals surface area (Å²) in [7, 11) is 0. The predicted molar refractivity (Wildman–Crippen MR) is 97.1 cm³/mol. The van der Waals surface area contributed by atoms with E-state index < -0.39 is 29.7 Å². The number of nitrogens with one attached hydrogen (secondary N) is 1. The second-order valence-corrected chi connectivity index (χ2v) is 7.96. The van der Waals surface area contributed by atoms with Crippen molar-refractivity contribution in [2.45, 2.75) is 63.8 Å². The van der Waals surface area contributed by atoms with Crippen LogP contribution in [-0.2, 0) is 9.53 Å². The number of piperidine rings is 1. The molecule has 2 aliphatic heterocycles. The van der Waals surface area contributed by atoms with Crippen molar-refractivity contribution in [2.24, 2.45) is 0 Å². The summed E-state index contributed by atoms with van der Waals surface area (Å²) < 4.78 is 33.2. The highest BCUT2D eigenvalue weighted by Gasteiger charge is 2.54. The number of alkyl halides is 2. The predicted octanol–water partition coefficient (Wildman–Crippen LogP) is 1.84. The van der Waals surface area contributed by atoms with Crippen molar-refractivity contribution in [3.05, 3.63) is 23.5 Å². The van der Waals surface area contributed by atoms with E-state index in [4.69, 9.17) is 4.74 Å². The Hall–Kier alpha value is -2.00. The lowest BCUT2D eigenvalue weighted by molar-refractivity contribution is -0.205. The van der Waals surface area contributed by atoms with Gasteiger partial charge in [-0.05, 0) is 45.2 Å². The van der Waals surface area contributed by atoms with E-state index in [1.54, 1.807) is 6.92 Å². The summed E-state index contributed by atoms with van der Waals surface area (Å²) in [5.41, 5.74) is -1.40. The summed E-state index contributed by atoms with van der Waals surface area (Å²) in [4.78, 5) is 25.8. The van der Waals surface area contributed by atoms with Gasteiger partial charge in [-0.15, -0.1) is 0 Å². The smallest absolute Gasteiger partial charge is 0.319 e. The maximum absolute atomic E-state index is 13.3. The highest BCUT2D eigenvalue weighted by molar-refractivity contribution is 5.93. The van der Waals surface area contributed by atoms with Gasteiger partial charge < -0.3 is 20.1 Å². The number of carbonyl (C=O) groups excluding carboxylic acids is 2. The topological polar surface area (TPSA) is 83.8 Å². The Bertz CT molecular complexity index is 758. The molecule has 28 heavy (non-hydrogen) atoms. The van der Waals surface area contributed by atoms with Crippen molar-refractivity contribution in [3.8, 4) is 0 Å². The van der Waals surface area contributed by atoms with Crippen LogP contribution in [0.15, 0.2) is 12.1 Å². The highest BCUT2D eigenvalue weighted by atomic mass is 19.3. The monoisotopic (exact) mass is 399 g/mol. The molecule has 2 amide bonds. The maximum Gasteiger partial charge on any atom is 0.319 e. The number of aliphatic hydroxyl groups is 1. The second-order valence-electron chi connectivity index (χ2n) is 7.96.